The molecule has 3 nitrogen and oxygen atoms in total. The Balaban J connectivity index is 2.44. The first-order valence-electron chi connectivity index (χ1n) is 5.28. The average molecular weight is 239 g/mol. The van der Waals surface area contributed by atoms with Crippen molar-refractivity contribution >= 4 is 5.97 Å². The summed E-state index contributed by atoms with van der Waals surface area (Å²) in [4.78, 5) is 12.0. The molecule has 0 heterocycles. The Labute approximate surface area is 92.2 Å². The van der Waals surface area contributed by atoms with Gasteiger partial charge in [-0.15, -0.1) is 0 Å². The molecule has 1 unspecified atom stereocenters. The highest BCUT2D eigenvalue weighted by Crippen LogP contribution is 2.29. The molecule has 1 saturated carbocycles. The fourth-order valence-corrected chi connectivity index (χ4v) is 1.82. The minimum Gasteiger partial charge on any atom is -0.481 e. The molecule has 1 aliphatic carbocycles. The molecule has 1 rings (SSSR count). The van der Waals surface area contributed by atoms with Crippen molar-refractivity contribution in [3.05, 3.63) is 0 Å². The number of hydrogen-bond acceptors (Lipinski definition) is 2. The lowest BCUT2D eigenvalue weighted by Gasteiger charge is -2.31. The second kappa shape index (κ2) is 5.03. The largest absolute Gasteiger partial charge is 0.481 e. The number of carboxylic acids is 1. The Morgan fingerprint density at radius 2 is 2.06 bits per heavy atom. The van der Waals surface area contributed by atoms with E-state index < -0.39 is 24.6 Å². The minimum atomic E-state index is -4.67. The van der Waals surface area contributed by atoms with Crippen molar-refractivity contribution in [2.45, 2.75) is 25.4 Å². The molecule has 1 atom stereocenters. The van der Waals surface area contributed by atoms with Crippen LogP contribution in [0.2, 0.25) is 0 Å². The molecule has 0 amide bonds. The molecule has 0 bridgehead atoms. The van der Waals surface area contributed by atoms with Crippen LogP contribution < -0.4 is 0 Å². The smallest absolute Gasteiger partial charge is 0.403 e. The highest BCUT2D eigenvalue weighted by atomic mass is 19.4. The monoisotopic (exact) mass is 239 g/mol. The molecule has 0 aromatic carbocycles. The number of carbonyl (C=O) groups is 1. The zero-order valence-electron chi connectivity index (χ0n) is 9.13. The van der Waals surface area contributed by atoms with Crippen molar-refractivity contribution in [3.8, 4) is 0 Å². The summed E-state index contributed by atoms with van der Waals surface area (Å²) in [6.07, 6.45) is -1.47. The second-order valence-corrected chi connectivity index (χ2v) is 4.45. The van der Waals surface area contributed by atoms with E-state index >= 15 is 0 Å². The van der Waals surface area contributed by atoms with E-state index in [1.165, 1.54) is 4.90 Å². The van der Waals surface area contributed by atoms with Gasteiger partial charge < -0.3 is 10.0 Å². The van der Waals surface area contributed by atoms with Crippen molar-refractivity contribution < 1.29 is 23.1 Å². The van der Waals surface area contributed by atoms with Gasteiger partial charge in [0.1, 0.15) is 0 Å². The lowest BCUT2D eigenvalue weighted by Crippen LogP contribution is -2.42. The number of rotatable bonds is 5. The van der Waals surface area contributed by atoms with Crippen molar-refractivity contribution in [2.75, 3.05) is 20.1 Å². The maximum absolute atomic E-state index is 12.4. The number of carboxylic acid groups (broad SMARTS) is 1. The fourth-order valence-electron chi connectivity index (χ4n) is 1.82. The highest BCUT2D eigenvalue weighted by molar-refractivity contribution is 5.71. The van der Waals surface area contributed by atoms with E-state index in [0.717, 1.165) is 19.3 Å². The van der Waals surface area contributed by atoms with Crippen LogP contribution in [0.3, 0.4) is 0 Å². The lowest BCUT2D eigenvalue weighted by molar-refractivity contribution is -0.196. The first kappa shape index (κ1) is 13.3. The predicted molar refractivity (Wildman–Crippen MR) is 52.0 cm³/mol. The zero-order valence-corrected chi connectivity index (χ0v) is 9.13. The SMILES string of the molecule is CN(CC1CCC1)CC(C(=O)O)C(F)(F)F. The third kappa shape index (κ3) is 3.66. The Hall–Kier alpha value is -0.780. The van der Waals surface area contributed by atoms with E-state index in [-0.39, 0.29) is 0 Å². The number of nitrogens with zero attached hydrogens (tertiary/aromatic N) is 1. The van der Waals surface area contributed by atoms with Crippen LogP contribution in [0.1, 0.15) is 19.3 Å². The maximum atomic E-state index is 12.4. The lowest BCUT2D eigenvalue weighted by atomic mass is 9.85. The van der Waals surface area contributed by atoms with Gasteiger partial charge in [-0.1, -0.05) is 6.42 Å². The summed E-state index contributed by atoms with van der Waals surface area (Å²) in [6.45, 7) is 0.0925. The summed E-state index contributed by atoms with van der Waals surface area (Å²) in [7, 11) is 1.54. The van der Waals surface area contributed by atoms with Crippen LogP contribution in [-0.2, 0) is 4.79 Å². The maximum Gasteiger partial charge on any atom is 0.403 e. The van der Waals surface area contributed by atoms with Gasteiger partial charge >= 0.3 is 12.1 Å². The van der Waals surface area contributed by atoms with Gasteiger partial charge in [0, 0.05) is 13.1 Å². The molecule has 1 fully saturated rings. The number of halogens is 3. The minimum absolute atomic E-state index is 0.438. The zero-order chi connectivity index (χ0) is 12.3. The van der Waals surface area contributed by atoms with Crippen molar-refractivity contribution in [3.63, 3.8) is 0 Å². The van der Waals surface area contributed by atoms with Crippen molar-refractivity contribution in [1.82, 2.24) is 4.90 Å². The van der Waals surface area contributed by atoms with Crippen LogP contribution in [0.4, 0.5) is 13.2 Å². The average Bonchev–Trinajstić information content (AvgIpc) is 2.05. The molecule has 0 spiro atoms. The molecule has 0 aromatic heterocycles. The van der Waals surface area contributed by atoms with Crippen LogP contribution in [0, 0.1) is 11.8 Å². The Morgan fingerprint density at radius 1 is 1.50 bits per heavy atom. The van der Waals surface area contributed by atoms with E-state index in [2.05, 4.69) is 0 Å². The van der Waals surface area contributed by atoms with Gasteiger partial charge in [-0.2, -0.15) is 13.2 Å². The third-order valence-electron chi connectivity index (χ3n) is 2.98. The summed E-state index contributed by atoms with van der Waals surface area (Å²) in [5.41, 5.74) is 0. The van der Waals surface area contributed by atoms with E-state index in [4.69, 9.17) is 5.11 Å². The summed E-state index contributed by atoms with van der Waals surface area (Å²) >= 11 is 0. The molecule has 94 valence electrons. The van der Waals surface area contributed by atoms with Crippen LogP contribution in [-0.4, -0.2) is 42.3 Å². The van der Waals surface area contributed by atoms with E-state index in [1.54, 1.807) is 7.05 Å². The van der Waals surface area contributed by atoms with Crippen molar-refractivity contribution in [2.24, 2.45) is 11.8 Å². The molecular weight excluding hydrogens is 223 g/mol. The van der Waals surface area contributed by atoms with Gasteiger partial charge in [0.05, 0.1) is 0 Å². The van der Waals surface area contributed by atoms with E-state index in [0.29, 0.717) is 12.5 Å². The van der Waals surface area contributed by atoms with Crippen molar-refractivity contribution in [1.29, 1.82) is 0 Å². The number of alkyl halides is 3. The number of hydrogen-bond donors (Lipinski definition) is 1. The molecule has 0 aliphatic heterocycles. The summed E-state index contributed by atoms with van der Waals surface area (Å²) in [5.74, 6) is -3.64. The molecule has 0 saturated heterocycles. The second-order valence-electron chi connectivity index (χ2n) is 4.45. The molecule has 1 aliphatic rings. The van der Waals surface area contributed by atoms with Gasteiger partial charge in [-0.25, -0.2) is 0 Å². The van der Waals surface area contributed by atoms with E-state index in [1.807, 2.05) is 0 Å². The van der Waals surface area contributed by atoms with Crippen LogP contribution >= 0.6 is 0 Å². The Morgan fingerprint density at radius 3 is 2.38 bits per heavy atom. The molecule has 1 N–H and O–H groups in total. The van der Waals surface area contributed by atoms with E-state index in [9.17, 15) is 18.0 Å². The van der Waals surface area contributed by atoms with Gasteiger partial charge in [0.25, 0.3) is 0 Å². The summed E-state index contributed by atoms with van der Waals surface area (Å²) in [5, 5.41) is 8.52. The Bertz CT molecular complexity index is 251. The molecule has 16 heavy (non-hydrogen) atoms. The van der Waals surface area contributed by atoms with Gasteiger partial charge in [0.15, 0.2) is 5.92 Å². The molecule has 6 heteroatoms. The van der Waals surface area contributed by atoms with Crippen LogP contribution in [0.15, 0.2) is 0 Å². The molecule has 0 radical (unpaired) electrons. The topological polar surface area (TPSA) is 40.5 Å². The Kier molecular flexibility index (Phi) is 4.18. The predicted octanol–water partition coefficient (Wildman–Crippen LogP) is 1.98. The van der Waals surface area contributed by atoms with Crippen LogP contribution in [0.25, 0.3) is 0 Å². The first-order chi connectivity index (χ1) is 7.30. The molecular formula is C10H16F3NO2. The van der Waals surface area contributed by atoms with Gasteiger partial charge in [-0.3, -0.25) is 4.79 Å². The molecule has 0 aromatic rings. The fraction of sp³-hybridized carbons (Fsp3) is 0.900. The number of aliphatic carboxylic acids is 1. The highest BCUT2D eigenvalue weighted by Gasteiger charge is 2.45. The standard InChI is InChI=1S/C10H16F3NO2/c1-14(5-7-3-2-4-7)6-8(9(15)16)10(11,12)13/h7-8H,2-6H2,1H3,(H,15,16). The van der Waals surface area contributed by atoms with Crippen LogP contribution in [0.5, 0.6) is 0 Å². The van der Waals surface area contributed by atoms with Gasteiger partial charge in [-0.05, 0) is 25.8 Å². The first-order valence-corrected chi connectivity index (χ1v) is 5.28. The summed E-state index contributed by atoms with van der Waals surface area (Å²) in [6, 6.07) is 0. The normalized spacial score (nSPS) is 19.6. The summed E-state index contributed by atoms with van der Waals surface area (Å²) < 4.78 is 37.1. The third-order valence-corrected chi connectivity index (χ3v) is 2.98. The quantitative estimate of drug-likeness (QED) is 0.797. The van der Waals surface area contributed by atoms with Gasteiger partial charge in [0.2, 0.25) is 0 Å².